The molecular weight excluding hydrogens is 429 g/mol. The summed E-state index contributed by atoms with van der Waals surface area (Å²) in [6.45, 7) is 5.07. The minimum Gasteiger partial charge on any atom is -0.476 e. The first-order chi connectivity index (χ1) is 14.1. The molecule has 31 heavy (non-hydrogen) atoms. The van der Waals surface area contributed by atoms with Gasteiger partial charge in [-0.15, -0.1) is 0 Å². The Balaban J connectivity index is 2.53. The van der Waals surface area contributed by atoms with Crippen LogP contribution in [0.5, 0.6) is 5.75 Å². The Kier molecular flexibility index (Phi) is 6.81. The zero-order valence-electron chi connectivity index (χ0n) is 17.2. The van der Waals surface area contributed by atoms with Gasteiger partial charge in [-0.3, -0.25) is 14.4 Å². The highest BCUT2D eigenvalue weighted by Crippen LogP contribution is 2.43. The molecule has 0 aliphatic carbocycles. The minimum atomic E-state index is -4.89. The van der Waals surface area contributed by atoms with Gasteiger partial charge in [0.2, 0.25) is 0 Å². The lowest BCUT2D eigenvalue weighted by Crippen LogP contribution is -2.54. The van der Waals surface area contributed by atoms with Gasteiger partial charge in [-0.05, 0) is 39.8 Å². The molecule has 1 aromatic rings. The number of halogens is 5. The molecule has 2 rings (SSSR count). The zero-order valence-corrected chi connectivity index (χ0v) is 17.2. The second-order valence-electron chi connectivity index (χ2n) is 7.65. The molecule has 0 unspecified atom stereocenters. The molecule has 0 bridgehead atoms. The summed E-state index contributed by atoms with van der Waals surface area (Å²) in [7, 11) is 0. The first-order valence-corrected chi connectivity index (χ1v) is 9.28. The van der Waals surface area contributed by atoms with Crippen molar-refractivity contribution in [3.63, 3.8) is 0 Å². The van der Waals surface area contributed by atoms with Crippen LogP contribution < -0.4 is 20.3 Å². The average Bonchev–Trinajstić information content (AvgIpc) is 2.62. The molecule has 0 spiro atoms. The number of benzene rings is 1. The molecule has 1 aromatic carbocycles. The largest absolute Gasteiger partial charge is 0.476 e. The summed E-state index contributed by atoms with van der Waals surface area (Å²) >= 11 is 0. The summed E-state index contributed by atoms with van der Waals surface area (Å²) in [5.74, 6) is -3.54. The highest BCUT2D eigenvalue weighted by Gasteiger charge is 2.44. The van der Waals surface area contributed by atoms with Gasteiger partial charge < -0.3 is 20.3 Å². The third kappa shape index (κ3) is 5.42. The quantitative estimate of drug-likeness (QED) is 0.652. The maximum Gasteiger partial charge on any atom is 0.417 e. The number of hydrogen-bond donors (Lipinski definition) is 2. The maximum atomic E-state index is 13.6. The van der Waals surface area contributed by atoms with E-state index in [-0.39, 0.29) is 24.5 Å². The summed E-state index contributed by atoms with van der Waals surface area (Å²) < 4.78 is 71.0. The molecule has 12 heteroatoms. The van der Waals surface area contributed by atoms with Gasteiger partial charge in [-0.25, -0.2) is 0 Å². The number of nitrogens with one attached hydrogen (secondary N) is 2. The Labute approximate surface area is 174 Å². The fourth-order valence-electron chi connectivity index (χ4n) is 2.97. The first kappa shape index (κ1) is 24.4. The van der Waals surface area contributed by atoms with E-state index in [1.807, 2.05) is 5.32 Å². The number of alkyl halides is 5. The number of carbonyl (C=O) groups is 3. The number of ether oxygens (including phenoxy) is 1. The number of carbonyl (C=O) groups excluding carboxylic acids is 3. The Morgan fingerprint density at radius 2 is 1.81 bits per heavy atom. The fourth-order valence-corrected chi connectivity index (χ4v) is 2.97. The number of fused-ring (bicyclic) bond motifs is 1. The van der Waals surface area contributed by atoms with Gasteiger partial charge in [0.15, 0.2) is 5.60 Å². The number of nitrogens with zero attached hydrogens (tertiary/aromatic N) is 1. The van der Waals surface area contributed by atoms with Crippen molar-refractivity contribution < 1.29 is 41.1 Å². The molecule has 0 saturated heterocycles. The predicted octanol–water partition coefficient (Wildman–Crippen LogP) is 2.73. The highest BCUT2D eigenvalue weighted by molar-refractivity contribution is 6.05. The Hall–Kier alpha value is -2.92. The van der Waals surface area contributed by atoms with Gasteiger partial charge in [-0.1, -0.05) is 0 Å². The second-order valence-corrected chi connectivity index (χ2v) is 7.65. The van der Waals surface area contributed by atoms with Gasteiger partial charge in [0.1, 0.15) is 5.75 Å². The van der Waals surface area contributed by atoms with Crippen LogP contribution in [0.1, 0.15) is 43.6 Å². The molecule has 7 nitrogen and oxygen atoms in total. The van der Waals surface area contributed by atoms with E-state index in [0.717, 1.165) is 11.0 Å². The van der Waals surface area contributed by atoms with E-state index >= 15 is 0 Å². The van der Waals surface area contributed by atoms with E-state index in [1.165, 1.54) is 13.8 Å². The molecular formula is C19H22F5N3O4. The first-order valence-electron chi connectivity index (χ1n) is 9.28. The van der Waals surface area contributed by atoms with Gasteiger partial charge in [0, 0.05) is 19.1 Å². The zero-order chi connectivity index (χ0) is 23.7. The number of rotatable bonds is 6. The lowest BCUT2D eigenvalue weighted by molar-refractivity contribution is -0.138. The SMILES string of the molecule is CC(C)NC(=O)c1cc2c(cc1C(F)(F)F)OC(C)(C)C(=O)N2CCNC(=O)C(F)F. The maximum absolute atomic E-state index is 13.6. The molecule has 172 valence electrons. The summed E-state index contributed by atoms with van der Waals surface area (Å²) in [6.07, 6.45) is -8.14. The lowest BCUT2D eigenvalue weighted by atomic mass is 9.98. The number of amides is 3. The lowest BCUT2D eigenvalue weighted by Gasteiger charge is -2.39. The van der Waals surface area contributed by atoms with Crippen molar-refractivity contribution >= 4 is 23.4 Å². The van der Waals surface area contributed by atoms with Crippen LogP contribution in [0.3, 0.4) is 0 Å². The van der Waals surface area contributed by atoms with Crippen molar-refractivity contribution in [1.82, 2.24) is 10.6 Å². The van der Waals surface area contributed by atoms with E-state index in [0.29, 0.717) is 6.07 Å². The van der Waals surface area contributed by atoms with Crippen LogP contribution in [0.4, 0.5) is 27.6 Å². The summed E-state index contributed by atoms with van der Waals surface area (Å²) in [5, 5.41) is 4.29. The molecule has 0 fully saturated rings. The third-order valence-electron chi connectivity index (χ3n) is 4.32. The topological polar surface area (TPSA) is 87.7 Å². The van der Waals surface area contributed by atoms with Gasteiger partial charge in [0.25, 0.3) is 17.7 Å². The van der Waals surface area contributed by atoms with Crippen LogP contribution >= 0.6 is 0 Å². The second kappa shape index (κ2) is 8.67. The normalized spacial score (nSPS) is 15.6. The molecule has 1 heterocycles. The van der Waals surface area contributed by atoms with Crippen molar-refractivity contribution in [1.29, 1.82) is 0 Å². The van der Waals surface area contributed by atoms with Crippen LogP contribution in [-0.2, 0) is 15.8 Å². The third-order valence-corrected chi connectivity index (χ3v) is 4.32. The van der Waals surface area contributed by atoms with E-state index in [4.69, 9.17) is 4.74 Å². The number of anilines is 1. The Bertz CT molecular complexity index is 884. The van der Waals surface area contributed by atoms with Crippen LogP contribution in [0.2, 0.25) is 0 Å². The summed E-state index contributed by atoms with van der Waals surface area (Å²) in [4.78, 5) is 37.3. The van der Waals surface area contributed by atoms with Crippen LogP contribution in [0.15, 0.2) is 12.1 Å². The Morgan fingerprint density at radius 3 is 2.32 bits per heavy atom. The molecule has 0 atom stereocenters. The molecule has 0 radical (unpaired) electrons. The standard InChI is InChI=1S/C19H22F5N3O4/c1-9(2)26-15(28)10-7-12-13(8-11(10)19(22,23)24)31-18(3,4)17(30)27(12)6-5-25-16(29)14(20)21/h7-9,14H,5-6H2,1-4H3,(H,25,29)(H,26,28). The van der Waals surface area contributed by atoms with E-state index in [2.05, 4.69) is 5.32 Å². The Morgan fingerprint density at radius 1 is 1.19 bits per heavy atom. The van der Waals surface area contributed by atoms with Gasteiger partial charge >= 0.3 is 12.6 Å². The molecule has 1 aliphatic rings. The van der Waals surface area contributed by atoms with Crippen molar-refractivity contribution in [3.05, 3.63) is 23.3 Å². The molecule has 2 N–H and O–H groups in total. The fraction of sp³-hybridized carbons (Fsp3) is 0.526. The van der Waals surface area contributed by atoms with Gasteiger partial charge in [0.05, 0.1) is 16.8 Å². The summed E-state index contributed by atoms with van der Waals surface area (Å²) in [6, 6.07) is 1.05. The average molecular weight is 451 g/mol. The van der Waals surface area contributed by atoms with E-state index in [9.17, 15) is 36.3 Å². The summed E-state index contributed by atoms with van der Waals surface area (Å²) in [5.41, 5.74) is -3.68. The van der Waals surface area contributed by atoms with Crippen molar-refractivity contribution in [2.24, 2.45) is 0 Å². The monoisotopic (exact) mass is 451 g/mol. The minimum absolute atomic E-state index is 0.141. The van der Waals surface area contributed by atoms with Crippen molar-refractivity contribution in [3.8, 4) is 5.75 Å². The predicted molar refractivity (Wildman–Crippen MR) is 100 cm³/mol. The van der Waals surface area contributed by atoms with Crippen LogP contribution in [0, 0.1) is 0 Å². The molecule has 0 saturated carbocycles. The van der Waals surface area contributed by atoms with Crippen molar-refractivity contribution in [2.45, 2.75) is 51.9 Å². The van der Waals surface area contributed by atoms with E-state index in [1.54, 1.807) is 13.8 Å². The van der Waals surface area contributed by atoms with Gasteiger partial charge in [-0.2, -0.15) is 22.0 Å². The molecule has 1 aliphatic heterocycles. The number of hydrogen-bond acceptors (Lipinski definition) is 4. The smallest absolute Gasteiger partial charge is 0.417 e. The van der Waals surface area contributed by atoms with Crippen LogP contribution in [-0.4, -0.2) is 48.9 Å². The van der Waals surface area contributed by atoms with Crippen molar-refractivity contribution in [2.75, 3.05) is 18.0 Å². The molecule has 0 aromatic heterocycles. The highest BCUT2D eigenvalue weighted by atomic mass is 19.4. The molecule has 3 amide bonds. The van der Waals surface area contributed by atoms with Crippen LogP contribution in [0.25, 0.3) is 0 Å². The van der Waals surface area contributed by atoms with E-state index < -0.39 is 53.1 Å².